The summed E-state index contributed by atoms with van der Waals surface area (Å²) in [7, 11) is 1.77. The topological polar surface area (TPSA) is 76.6 Å². The van der Waals surface area contributed by atoms with E-state index in [1.54, 1.807) is 13.4 Å². The van der Waals surface area contributed by atoms with Gasteiger partial charge in [-0.1, -0.05) is 0 Å². The van der Waals surface area contributed by atoms with Gasteiger partial charge in [-0.15, -0.1) is 0 Å². The molecule has 0 radical (unpaired) electrons. The first-order valence-corrected chi connectivity index (χ1v) is 10.7. The Bertz CT molecular complexity index is 893. The Morgan fingerprint density at radius 3 is 2.63 bits per heavy atom. The van der Waals surface area contributed by atoms with E-state index in [9.17, 15) is 4.79 Å². The second kappa shape index (κ2) is 9.10. The SMILES string of the molecule is COC1CCN(CCOc2ccc(NC(=O)C3CC3)cc2-c2c(C)ncnc2C)C1. The van der Waals surface area contributed by atoms with Gasteiger partial charge in [0.15, 0.2) is 0 Å². The molecular weight excluding hydrogens is 380 g/mol. The van der Waals surface area contributed by atoms with Crippen LogP contribution in [-0.4, -0.2) is 60.2 Å². The van der Waals surface area contributed by atoms with E-state index in [0.29, 0.717) is 12.7 Å². The van der Waals surface area contributed by atoms with Gasteiger partial charge in [-0.3, -0.25) is 9.69 Å². The fraction of sp³-hybridized carbons (Fsp3) is 0.522. The molecule has 2 aromatic rings. The number of rotatable bonds is 8. The fourth-order valence-electron chi connectivity index (χ4n) is 3.98. The summed E-state index contributed by atoms with van der Waals surface area (Å²) in [6.07, 6.45) is 4.92. The maximum Gasteiger partial charge on any atom is 0.227 e. The van der Waals surface area contributed by atoms with Crippen LogP contribution >= 0.6 is 0 Å². The van der Waals surface area contributed by atoms with Gasteiger partial charge in [0.2, 0.25) is 5.91 Å². The number of hydrogen-bond donors (Lipinski definition) is 1. The molecule has 30 heavy (non-hydrogen) atoms. The highest BCUT2D eigenvalue weighted by Gasteiger charge is 2.29. The number of carbonyl (C=O) groups is 1. The Balaban J connectivity index is 1.53. The second-order valence-electron chi connectivity index (χ2n) is 8.19. The molecule has 1 aromatic carbocycles. The molecule has 2 fully saturated rings. The van der Waals surface area contributed by atoms with Gasteiger partial charge >= 0.3 is 0 Å². The standard InChI is InChI=1S/C23H30N4O3/c1-15-22(16(2)25-14-24-15)20-12-18(26-23(28)17-4-5-17)6-7-21(20)30-11-10-27-9-8-19(13-27)29-3/h6-7,12,14,17,19H,4-5,8-11,13H2,1-3H3,(H,26,28). The molecule has 7 heteroatoms. The Morgan fingerprint density at radius 2 is 1.97 bits per heavy atom. The molecule has 0 bridgehead atoms. The lowest BCUT2D eigenvalue weighted by Gasteiger charge is -2.19. The third-order valence-corrected chi connectivity index (χ3v) is 5.92. The average Bonchev–Trinajstić information content (AvgIpc) is 3.48. The summed E-state index contributed by atoms with van der Waals surface area (Å²) in [5.74, 6) is 1.03. The predicted molar refractivity (Wildman–Crippen MR) is 116 cm³/mol. The number of carbonyl (C=O) groups excluding carboxylic acids is 1. The fourth-order valence-corrected chi connectivity index (χ4v) is 3.98. The number of aromatic nitrogens is 2. The number of methoxy groups -OCH3 is 1. The van der Waals surface area contributed by atoms with Crippen molar-refractivity contribution in [1.29, 1.82) is 0 Å². The first kappa shape index (κ1) is 20.8. The first-order chi connectivity index (χ1) is 14.5. The molecule has 1 amide bonds. The molecule has 0 spiro atoms. The minimum Gasteiger partial charge on any atom is -0.492 e. The maximum absolute atomic E-state index is 12.2. The van der Waals surface area contributed by atoms with Crippen molar-refractivity contribution in [3.05, 3.63) is 35.9 Å². The lowest BCUT2D eigenvalue weighted by Crippen LogP contribution is -2.27. The lowest BCUT2D eigenvalue weighted by molar-refractivity contribution is -0.117. The molecule has 2 aliphatic rings. The van der Waals surface area contributed by atoms with E-state index in [1.165, 1.54) is 0 Å². The van der Waals surface area contributed by atoms with Gasteiger partial charge in [0.25, 0.3) is 0 Å². The summed E-state index contributed by atoms with van der Waals surface area (Å²) in [5, 5.41) is 3.03. The largest absolute Gasteiger partial charge is 0.492 e. The summed E-state index contributed by atoms with van der Waals surface area (Å²) >= 11 is 0. The minimum absolute atomic E-state index is 0.0918. The Hall–Kier alpha value is -2.51. The third kappa shape index (κ3) is 4.79. The molecule has 1 unspecified atom stereocenters. The van der Waals surface area contributed by atoms with Crippen molar-refractivity contribution < 1.29 is 14.3 Å². The van der Waals surface area contributed by atoms with Gasteiger partial charge in [-0.05, 0) is 51.3 Å². The molecule has 1 aliphatic heterocycles. The summed E-state index contributed by atoms with van der Waals surface area (Å²) < 4.78 is 11.6. The lowest BCUT2D eigenvalue weighted by atomic mass is 10.0. The number of anilines is 1. The third-order valence-electron chi connectivity index (χ3n) is 5.92. The quantitative estimate of drug-likeness (QED) is 0.720. The highest BCUT2D eigenvalue weighted by Crippen LogP contribution is 2.36. The van der Waals surface area contributed by atoms with Crippen LogP contribution in [0.15, 0.2) is 24.5 Å². The molecule has 7 nitrogen and oxygen atoms in total. The number of aryl methyl sites for hydroxylation is 2. The van der Waals surface area contributed by atoms with E-state index in [1.807, 2.05) is 32.0 Å². The average molecular weight is 411 g/mol. The van der Waals surface area contributed by atoms with Crippen molar-refractivity contribution in [2.24, 2.45) is 5.92 Å². The van der Waals surface area contributed by atoms with Crippen LogP contribution in [-0.2, 0) is 9.53 Å². The van der Waals surface area contributed by atoms with Crippen LogP contribution in [0.2, 0.25) is 0 Å². The first-order valence-electron chi connectivity index (χ1n) is 10.7. The maximum atomic E-state index is 12.2. The number of amides is 1. The number of nitrogens with zero attached hydrogens (tertiary/aromatic N) is 3. The van der Waals surface area contributed by atoms with Crippen LogP contribution in [0.3, 0.4) is 0 Å². The molecule has 1 saturated heterocycles. The van der Waals surface area contributed by atoms with Crippen LogP contribution in [0.25, 0.3) is 11.1 Å². The van der Waals surface area contributed by atoms with E-state index in [0.717, 1.165) is 72.8 Å². The van der Waals surface area contributed by atoms with Crippen LogP contribution in [0.1, 0.15) is 30.7 Å². The van der Waals surface area contributed by atoms with Crippen molar-refractivity contribution in [1.82, 2.24) is 14.9 Å². The van der Waals surface area contributed by atoms with Crippen LogP contribution in [0.4, 0.5) is 5.69 Å². The second-order valence-corrected chi connectivity index (χ2v) is 8.19. The van der Waals surface area contributed by atoms with E-state index >= 15 is 0 Å². The van der Waals surface area contributed by atoms with Gasteiger partial charge in [-0.2, -0.15) is 0 Å². The molecule has 4 rings (SSSR count). The van der Waals surface area contributed by atoms with Gasteiger partial charge in [0, 0.05) is 60.9 Å². The van der Waals surface area contributed by atoms with Gasteiger partial charge in [-0.25, -0.2) is 9.97 Å². The molecule has 1 aliphatic carbocycles. The summed E-state index contributed by atoms with van der Waals surface area (Å²) in [6, 6.07) is 5.82. The molecular formula is C23H30N4O3. The number of benzene rings is 1. The highest BCUT2D eigenvalue weighted by atomic mass is 16.5. The Kier molecular flexibility index (Phi) is 6.29. The number of hydrogen-bond acceptors (Lipinski definition) is 6. The van der Waals surface area contributed by atoms with Crippen molar-refractivity contribution in [3.63, 3.8) is 0 Å². The van der Waals surface area contributed by atoms with Crippen molar-refractivity contribution in [2.75, 3.05) is 38.7 Å². The summed E-state index contributed by atoms with van der Waals surface area (Å²) in [5.41, 5.74) is 4.42. The molecule has 2 heterocycles. The molecule has 160 valence electrons. The van der Waals surface area contributed by atoms with Crippen LogP contribution in [0, 0.1) is 19.8 Å². The monoisotopic (exact) mass is 410 g/mol. The zero-order valence-corrected chi connectivity index (χ0v) is 18.0. The molecule has 1 aromatic heterocycles. The number of ether oxygens (including phenoxy) is 2. The minimum atomic E-state index is 0.0918. The van der Waals surface area contributed by atoms with E-state index in [-0.39, 0.29) is 11.8 Å². The number of nitrogens with one attached hydrogen (secondary N) is 1. The summed E-state index contributed by atoms with van der Waals surface area (Å²) in [6.45, 7) is 7.36. The van der Waals surface area contributed by atoms with Crippen molar-refractivity contribution in [2.45, 2.75) is 39.2 Å². The smallest absolute Gasteiger partial charge is 0.227 e. The predicted octanol–water partition coefficient (Wildman–Crippen LogP) is 3.21. The normalized spacial score (nSPS) is 19.1. The van der Waals surface area contributed by atoms with Gasteiger partial charge in [0.1, 0.15) is 18.7 Å². The Morgan fingerprint density at radius 1 is 1.20 bits per heavy atom. The van der Waals surface area contributed by atoms with Gasteiger partial charge in [0.05, 0.1) is 6.10 Å². The molecule has 1 N–H and O–H groups in total. The molecule has 1 atom stereocenters. The highest BCUT2D eigenvalue weighted by molar-refractivity contribution is 5.95. The van der Waals surface area contributed by atoms with E-state index < -0.39 is 0 Å². The summed E-state index contributed by atoms with van der Waals surface area (Å²) in [4.78, 5) is 23.3. The van der Waals surface area contributed by atoms with Crippen molar-refractivity contribution >= 4 is 11.6 Å². The van der Waals surface area contributed by atoms with E-state index in [4.69, 9.17) is 9.47 Å². The van der Waals surface area contributed by atoms with Gasteiger partial charge < -0.3 is 14.8 Å². The van der Waals surface area contributed by atoms with Crippen LogP contribution in [0.5, 0.6) is 5.75 Å². The van der Waals surface area contributed by atoms with Crippen molar-refractivity contribution in [3.8, 4) is 16.9 Å². The van der Waals surface area contributed by atoms with Crippen LogP contribution < -0.4 is 10.1 Å². The Labute approximate surface area is 177 Å². The molecule has 1 saturated carbocycles. The zero-order chi connectivity index (χ0) is 21.1. The van der Waals surface area contributed by atoms with E-state index in [2.05, 4.69) is 20.2 Å². The number of likely N-dealkylation sites (tertiary alicyclic amines) is 1. The zero-order valence-electron chi connectivity index (χ0n) is 18.0.